The second kappa shape index (κ2) is 8.29. The van der Waals surface area contributed by atoms with Crippen molar-refractivity contribution in [1.29, 1.82) is 0 Å². The van der Waals surface area contributed by atoms with Crippen molar-refractivity contribution < 1.29 is 4.74 Å². The second-order valence-corrected chi connectivity index (χ2v) is 5.42. The topological polar surface area (TPSA) is 9.23 Å². The van der Waals surface area contributed by atoms with Gasteiger partial charge >= 0.3 is 0 Å². The van der Waals surface area contributed by atoms with Gasteiger partial charge in [-0.15, -0.1) is 0 Å². The molecule has 0 fully saturated rings. The van der Waals surface area contributed by atoms with E-state index < -0.39 is 0 Å². The van der Waals surface area contributed by atoms with Crippen molar-refractivity contribution in [1.82, 2.24) is 0 Å². The standard InChI is InChI=1S/C21H24O/c1-4-6-9-19-10-7-8-11-20(19)13-12-18-14-15-21(22-5-2)16-17(18)3/h7-8,10-11,14-16H,4-6,9H2,1-3H3. The van der Waals surface area contributed by atoms with Gasteiger partial charge in [-0.25, -0.2) is 0 Å². The Kier molecular flexibility index (Phi) is 6.10. The van der Waals surface area contributed by atoms with Gasteiger partial charge in [0.2, 0.25) is 0 Å². The Hall–Kier alpha value is -2.20. The first-order valence-corrected chi connectivity index (χ1v) is 8.08. The Morgan fingerprint density at radius 1 is 0.955 bits per heavy atom. The van der Waals surface area contributed by atoms with Crippen molar-refractivity contribution in [3.8, 4) is 17.6 Å². The molecular weight excluding hydrogens is 268 g/mol. The van der Waals surface area contributed by atoms with E-state index in [1.807, 2.05) is 19.1 Å². The summed E-state index contributed by atoms with van der Waals surface area (Å²) in [5.41, 5.74) is 4.71. The first kappa shape index (κ1) is 16.2. The summed E-state index contributed by atoms with van der Waals surface area (Å²) in [5, 5.41) is 0. The van der Waals surface area contributed by atoms with Gasteiger partial charge in [-0.2, -0.15) is 0 Å². The van der Waals surface area contributed by atoms with Crippen molar-refractivity contribution in [2.45, 2.75) is 40.0 Å². The van der Waals surface area contributed by atoms with Crippen molar-refractivity contribution in [2.24, 2.45) is 0 Å². The first-order valence-electron chi connectivity index (χ1n) is 8.08. The van der Waals surface area contributed by atoms with Crippen LogP contribution < -0.4 is 4.74 Å². The molecule has 22 heavy (non-hydrogen) atoms. The quantitative estimate of drug-likeness (QED) is 0.694. The lowest BCUT2D eigenvalue weighted by atomic mass is 10.0. The fourth-order valence-electron chi connectivity index (χ4n) is 2.40. The zero-order chi connectivity index (χ0) is 15.8. The van der Waals surface area contributed by atoms with Gasteiger partial charge < -0.3 is 4.74 Å². The van der Waals surface area contributed by atoms with Gasteiger partial charge in [0.1, 0.15) is 5.75 Å². The average Bonchev–Trinajstić information content (AvgIpc) is 2.53. The fourth-order valence-corrected chi connectivity index (χ4v) is 2.40. The van der Waals surface area contributed by atoms with Crippen LogP contribution in [0.15, 0.2) is 42.5 Å². The number of aryl methyl sites for hydroxylation is 2. The van der Waals surface area contributed by atoms with E-state index >= 15 is 0 Å². The van der Waals surface area contributed by atoms with Crippen molar-refractivity contribution in [2.75, 3.05) is 6.61 Å². The maximum Gasteiger partial charge on any atom is 0.119 e. The SMILES string of the molecule is CCCCc1ccccc1C#Cc1ccc(OCC)cc1C. The molecule has 0 saturated heterocycles. The molecule has 0 atom stereocenters. The minimum Gasteiger partial charge on any atom is -0.494 e. The van der Waals surface area contributed by atoms with Crippen molar-refractivity contribution in [3.05, 3.63) is 64.7 Å². The molecule has 2 aromatic carbocycles. The molecule has 0 saturated carbocycles. The summed E-state index contributed by atoms with van der Waals surface area (Å²) in [5.74, 6) is 7.56. The van der Waals surface area contributed by atoms with Crippen LogP contribution in [-0.4, -0.2) is 6.61 Å². The summed E-state index contributed by atoms with van der Waals surface area (Å²) in [4.78, 5) is 0. The van der Waals surface area contributed by atoms with E-state index in [2.05, 4.69) is 56.0 Å². The van der Waals surface area contributed by atoms with E-state index in [1.54, 1.807) is 0 Å². The van der Waals surface area contributed by atoms with Gasteiger partial charge in [0.25, 0.3) is 0 Å². The molecule has 0 heterocycles. The van der Waals surface area contributed by atoms with Crippen LogP contribution in [0.25, 0.3) is 0 Å². The zero-order valence-electron chi connectivity index (χ0n) is 13.8. The average molecular weight is 292 g/mol. The highest BCUT2D eigenvalue weighted by atomic mass is 16.5. The van der Waals surface area contributed by atoms with Gasteiger partial charge in [0, 0.05) is 11.1 Å². The van der Waals surface area contributed by atoms with Gasteiger partial charge in [-0.3, -0.25) is 0 Å². The van der Waals surface area contributed by atoms with Gasteiger partial charge in [0.15, 0.2) is 0 Å². The minimum absolute atomic E-state index is 0.690. The van der Waals surface area contributed by atoms with Crippen LogP contribution in [-0.2, 0) is 6.42 Å². The highest BCUT2D eigenvalue weighted by Gasteiger charge is 2.00. The fraction of sp³-hybridized carbons (Fsp3) is 0.333. The predicted octanol–water partition coefficient (Wildman–Crippen LogP) is 5.14. The smallest absolute Gasteiger partial charge is 0.119 e. The maximum atomic E-state index is 5.52. The number of hydrogen-bond donors (Lipinski definition) is 0. The molecule has 0 bridgehead atoms. The highest BCUT2D eigenvalue weighted by Crippen LogP contribution is 2.17. The molecule has 0 spiro atoms. The van der Waals surface area contributed by atoms with Gasteiger partial charge in [-0.1, -0.05) is 43.4 Å². The lowest BCUT2D eigenvalue weighted by molar-refractivity contribution is 0.340. The molecule has 0 N–H and O–H groups in total. The summed E-state index contributed by atoms with van der Waals surface area (Å²) in [6.45, 7) is 6.98. The largest absolute Gasteiger partial charge is 0.494 e. The molecule has 2 aromatic rings. The van der Waals surface area contributed by atoms with Crippen LogP contribution in [0.4, 0.5) is 0 Å². The Morgan fingerprint density at radius 3 is 2.45 bits per heavy atom. The van der Waals surface area contributed by atoms with E-state index in [1.165, 1.54) is 18.4 Å². The van der Waals surface area contributed by atoms with Gasteiger partial charge in [-0.05, 0) is 62.1 Å². The predicted molar refractivity (Wildman–Crippen MR) is 93.4 cm³/mol. The van der Waals surface area contributed by atoms with Crippen LogP contribution in [0.3, 0.4) is 0 Å². The molecule has 0 aliphatic heterocycles. The molecule has 1 heteroatoms. The lowest BCUT2D eigenvalue weighted by Gasteiger charge is -2.05. The van der Waals surface area contributed by atoms with Crippen LogP contribution in [0.5, 0.6) is 5.75 Å². The van der Waals surface area contributed by atoms with Crippen LogP contribution in [0.1, 0.15) is 48.9 Å². The molecule has 0 unspecified atom stereocenters. The molecule has 2 rings (SSSR count). The van der Waals surface area contributed by atoms with Crippen LogP contribution in [0.2, 0.25) is 0 Å². The van der Waals surface area contributed by atoms with Crippen LogP contribution in [0, 0.1) is 18.8 Å². The maximum absolute atomic E-state index is 5.52. The first-order chi connectivity index (χ1) is 10.7. The summed E-state index contributed by atoms with van der Waals surface area (Å²) >= 11 is 0. The molecule has 0 aliphatic carbocycles. The Morgan fingerprint density at radius 2 is 1.73 bits per heavy atom. The number of hydrogen-bond acceptors (Lipinski definition) is 1. The van der Waals surface area contributed by atoms with E-state index in [-0.39, 0.29) is 0 Å². The van der Waals surface area contributed by atoms with E-state index in [4.69, 9.17) is 4.74 Å². The molecular formula is C21H24O. The molecule has 0 aliphatic rings. The zero-order valence-corrected chi connectivity index (χ0v) is 13.8. The summed E-state index contributed by atoms with van der Waals surface area (Å²) < 4.78 is 5.52. The van der Waals surface area contributed by atoms with E-state index in [0.29, 0.717) is 6.61 Å². The second-order valence-electron chi connectivity index (χ2n) is 5.42. The highest BCUT2D eigenvalue weighted by molar-refractivity contribution is 5.50. The number of unbranched alkanes of at least 4 members (excludes halogenated alkanes) is 1. The number of rotatable bonds is 5. The Balaban J connectivity index is 2.23. The Bertz CT molecular complexity index is 674. The summed E-state index contributed by atoms with van der Waals surface area (Å²) in [6, 6.07) is 14.5. The third kappa shape index (κ3) is 4.40. The molecule has 1 nitrogen and oxygen atoms in total. The molecule has 0 aromatic heterocycles. The molecule has 114 valence electrons. The van der Waals surface area contributed by atoms with Crippen molar-refractivity contribution >= 4 is 0 Å². The third-order valence-corrected chi connectivity index (χ3v) is 3.66. The number of ether oxygens (including phenoxy) is 1. The third-order valence-electron chi connectivity index (χ3n) is 3.66. The van der Waals surface area contributed by atoms with E-state index in [9.17, 15) is 0 Å². The Labute approximate surface area is 134 Å². The normalized spacial score (nSPS) is 9.95. The van der Waals surface area contributed by atoms with Crippen molar-refractivity contribution in [3.63, 3.8) is 0 Å². The van der Waals surface area contributed by atoms with Crippen LogP contribution >= 0.6 is 0 Å². The summed E-state index contributed by atoms with van der Waals surface area (Å²) in [6.07, 6.45) is 3.52. The minimum atomic E-state index is 0.690. The summed E-state index contributed by atoms with van der Waals surface area (Å²) in [7, 11) is 0. The number of benzene rings is 2. The lowest BCUT2D eigenvalue weighted by Crippen LogP contribution is -1.93. The van der Waals surface area contributed by atoms with E-state index in [0.717, 1.165) is 28.9 Å². The monoisotopic (exact) mass is 292 g/mol. The molecule has 0 amide bonds. The van der Waals surface area contributed by atoms with Gasteiger partial charge in [0.05, 0.1) is 6.61 Å². The molecule has 0 radical (unpaired) electrons.